The van der Waals surface area contributed by atoms with Crippen LogP contribution in [0.5, 0.6) is 0 Å². The summed E-state index contributed by atoms with van der Waals surface area (Å²) in [6.07, 6.45) is 3.80. The summed E-state index contributed by atoms with van der Waals surface area (Å²) in [5.74, 6) is -1.75. The van der Waals surface area contributed by atoms with E-state index >= 15 is 0 Å². The molecule has 0 spiro atoms. The first kappa shape index (κ1) is 13.8. The maximum absolute atomic E-state index is 11.3. The number of hydrogen-bond acceptors (Lipinski definition) is 5. The fourth-order valence-corrected chi connectivity index (χ4v) is 1.68. The van der Waals surface area contributed by atoms with Crippen LogP contribution in [0.4, 0.5) is 5.13 Å². The number of aromatic nitrogens is 1. The average Bonchev–Trinajstić information content (AvgIpc) is 2.71. The minimum atomic E-state index is -1.06. The quantitative estimate of drug-likeness (QED) is 0.667. The highest BCUT2D eigenvalue weighted by Crippen LogP contribution is 2.18. The lowest BCUT2D eigenvalue weighted by molar-refractivity contribution is -0.131. The molecule has 0 aromatic carbocycles. The van der Waals surface area contributed by atoms with Crippen molar-refractivity contribution in [2.45, 2.75) is 6.92 Å². The zero-order chi connectivity index (χ0) is 13.5. The van der Waals surface area contributed by atoms with E-state index in [2.05, 4.69) is 15.6 Å². The van der Waals surface area contributed by atoms with Crippen molar-refractivity contribution in [1.82, 2.24) is 10.3 Å². The molecule has 2 amide bonds. The summed E-state index contributed by atoms with van der Waals surface area (Å²) < 4.78 is 0. The standard InChI is InChI=1S/C10H11N3O4S/c1-6(14)11-5-8(15)13-10-12-4-7(18-10)2-3-9(16)17/h2-4H,5H2,1H3,(H,11,14)(H,16,17)(H,12,13,15)/b3-2+. The molecule has 0 unspecified atom stereocenters. The molecule has 1 rings (SSSR count). The molecule has 1 aromatic heterocycles. The van der Waals surface area contributed by atoms with Gasteiger partial charge in [0.15, 0.2) is 5.13 Å². The van der Waals surface area contributed by atoms with Crippen LogP contribution >= 0.6 is 11.3 Å². The molecule has 7 nitrogen and oxygen atoms in total. The molecule has 1 aromatic rings. The topological polar surface area (TPSA) is 108 Å². The van der Waals surface area contributed by atoms with Gasteiger partial charge in [0, 0.05) is 24.1 Å². The van der Waals surface area contributed by atoms with E-state index in [0.29, 0.717) is 10.0 Å². The second-order valence-electron chi connectivity index (χ2n) is 3.20. The predicted molar refractivity (Wildman–Crippen MR) is 66.1 cm³/mol. The van der Waals surface area contributed by atoms with Crippen molar-refractivity contribution in [3.63, 3.8) is 0 Å². The predicted octanol–water partition coefficient (Wildman–Crippen LogP) is 0.315. The van der Waals surface area contributed by atoms with Gasteiger partial charge in [0.2, 0.25) is 11.8 Å². The Morgan fingerprint density at radius 1 is 1.50 bits per heavy atom. The number of carbonyl (C=O) groups is 3. The van der Waals surface area contributed by atoms with E-state index in [1.54, 1.807) is 0 Å². The van der Waals surface area contributed by atoms with Crippen LogP contribution in [0.1, 0.15) is 11.8 Å². The third kappa shape index (κ3) is 5.21. The second kappa shape index (κ2) is 6.50. The van der Waals surface area contributed by atoms with Crippen LogP contribution in [-0.2, 0) is 14.4 Å². The minimum absolute atomic E-state index is 0.130. The van der Waals surface area contributed by atoms with E-state index in [0.717, 1.165) is 17.4 Å². The zero-order valence-corrected chi connectivity index (χ0v) is 10.3. The van der Waals surface area contributed by atoms with Crippen molar-refractivity contribution in [1.29, 1.82) is 0 Å². The Kier molecular flexibility index (Phi) is 5.00. The van der Waals surface area contributed by atoms with E-state index in [1.165, 1.54) is 19.2 Å². The molecule has 0 radical (unpaired) electrons. The molecule has 0 aliphatic carbocycles. The number of carbonyl (C=O) groups excluding carboxylic acids is 2. The number of hydrogen-bond donors (Lipinski definition) is 3. The van der Waals surface area contributed by atoms with E-state index in [-0.39, 0.29) is 12.5 Å². The Balaban J connectivity index is 2.51. The lowest BCUT2D eigenvalue weighted by atomic mass is 10.4. The van der Waals surface area contributed by atoms with E-state index in [1.807, 2.05) is 0 Å². The summed E-state index contributed by atoms with van der Waals surface area (Å²) >= 11 is 1.13. The van der Waals surface area contributed by atoms with Crippen molar-refractivity contribution >= 4 is 40.3 Å². The normalized spacial score (nSPS) is 10.3. The average molecular weight is 269 g/mol. The van der Waals surface area contributed by atoms with Crippen LogP contribution < -0.4 is 10.6 Å². The van der Waals surface area contributed by atoms with E-state index in [9.17, 15) is 14.4 Å². The maximum atomic E-state index is 11.3. The highest BCUT2D eigenvalue weighted by atomic mass is 32.1. The molecule has 0 bridgehead atoms. The fraction of sp³-hybridized carbons (Fsp3) is 0.200. The lowest BCUT2D eigenvalue weighted by Gasteiger charge is -2.01. The third-order valence-corrected chi connectivity index (χ3v) is 2.54. The van der Waals surface area contributed by atoms with Gasteiger partial charge >= 0.3 is 5.97 Å². The molecule has 18 heavy (non-hydrogen) atoms. The number of thiazole rings is 1. The van der Waals surface area contributed by atoms with Crippen LogP contribution in [0.2, 0.25) is 0 Å². The largest absolute Gasteiger partial charge is 0.478 e. The van der Waals surface area contributed by atoms with Crippen molar-refractivity contribution in [3.8, 4) is 0 Å². The number of nitrogens with one attached hydrogen (secondary N) is 2. The molecule has 0 aliphatic heterocycles. The number of carboxylic acid groups (broad SMARTS) is 1. The summed E-state index contributed by atoms with van der Waals surface area (Å²) in [6.45, 7) is 1.18. The van der Waals surface area contributed by atoms with Gasteiger partial charge in [-0.05, 0) is 6.08 Å². The highest BCUT2D eigenvalue weighted by Gasteiger charge is 2.06. The Hall–Kier alpha value is -2.22. The fourth-order valence-electron chi connectivity index (χ4n) is 0.943. The number of aliphatic carboxylic acids is 1. The SMILES string of the molecule is CC(=O)NCC(=O)Nc1ncc(/C=C/C(=O)O)s1. The van der Waals surface area contributed by atoms with Crippen LogP contribution in [0.15, 0.2) is 12.3 Å². The smallest absolute Gasteiger partial charge is 0.328 e. The number of anilines is 1. The summed E-state index contributed by atoms with van der Waals surface area (Å²) in [6, 6.07) is 0. The molecular weight excluding hydrogens is 258 g/mol. The lowest BCUT2D eigenvalue weighted by Crippen LogP contribution is -2.31. The molecule has 1 heterocycles. The van der Waals surface area contributed by atoms with Gasteiger partial charge in [-0.2, -0.15) is 0 Å². The van der Waals surface area contributed by atoms with Crippen LogP contribution in [0.25, 0.3) is 6.08 Å². The Morgan fingerprint density at radius 2 is 2.22 bits per heavy atom. The van der Waals surface area contributed by atoms with Crippen molar-refractivity contribution in [2.75, 3.05) is 11.9 Å². The van der Waals surface area contributed by atoms with Crippen LogP contribution in [0, 0.1) is 0 Å². The molecule has 0 saturated carbocycles. The Bertz CT molecular complexity index is 495. The van der Waals surface area contributed by atoms with Gasteiger partial charge in [-0.25, -0.2) is 9.78 Å². The molecule has 0 atom stereocenters. The molecule has 0 aliphatic rings. The van der Waals surface area contributed by atoms with E-state index in [4.69, 9.17) is 5.11 Å². The zero-order valence-electron chi connectivity index (χ0n) is 9.47. The van der Waals surface area contributed by atoms with Crippen LogP contribution in [0.3, 0.4) is 0 Å². The van der Waals surface area contributed by atoms with Gasteiger partial charge in [0.25, 0.3) is 0 Å². The summed E-state index contributed by atoms with van der Waals surface area (Å²) in [7, 11) is 0. The first-order chi connectivity index (χ1) is 8.47. The molecule has 0 saturated heterocycles. The van der Waals surface area contributed by atoms with E-state index < -0.39 is 11.9 Å². The second-order valence-corrected chi connectivity index (χ2v) is 4.26. The van der Waals surface area contributed by atoms with Gasteiger partial charge < -0.3 is 15.7 Å². The van der Waals surface area contributed by atoms with Gasteiger partial charge in [0.1, 0.15) is 0 Å². The van der Waals surface area contributed by atoms with Crippen molar-refractivity contribution in [3.05, 3.63) is 17.2 Å². The molecular formula is C10H11N3O4S. The van der Waals surface area contributed by atoms with Gasteiger partial charge in [-0.1, -0.05) is 11.3 Å². The monoisotopic (exact) mass is 269 g/mol. The number of nitrogens with zero attached hydrogens (tertiary/aromatic N) is 1. The summed E-state index contributed by atoms with van der Waals surface area (Å²) in [4.78, 5) is 36.7. The third-order valence-electron chi connectivity index (χ3n) is 1.66. The highest BCUT2D eigenvalue weighted by molar-refractivity contribution is 7.16. The summed E-state index contributed by atoms with van der Waals surface area (Å²) in [5.41, 5.74) is 0. The molecule has 96 valence electrons. The first-order valence-corrected chi connectivity index (χ1v) is 5.70. The van der Waals surface area contributed by atoms with Crippen molar-refractivity contribution < 1.29 is 19.5 Å². The molecule has 3 N–H and O–H groups in total. The minimum Gasteiger partial charge on any atom is -0.478 e. The number of amides is 2. The maximum Gasteiger partial charge on any atom is 0.328 e. The van der Waals surface area contributed by atoms with Gasteiger partial charge in [-0.3, -0.25) is 9.59 Å². The number of rotatable bonds is 5. The Morgan fingerprint density at radius 3 is 2.83 bits per heavy atom. The molecule has 0 fully saturated rings. The first-order valence-electron chi connectivity index (χ1n) is 4.88. The molecule has 8 heteroatoms. The van der Waals surface area contributed by atoms with Gasteiger partial charge in [-0.15, -0.1) is 0 Å². The summed E-state index contributed by atoms with van der Waals surface area (Å²) in [5, 5.41) is 13.6. The van der Waals surface area contributed by atoms with Crippen molar-refractivity contribution in [2.24, 2.45) is 0 Å². The Labute approximate surface area is 107 Å². The van der Waals surface area contributed by atoms with Gasteiger partial charge in [0.05, 0.1) is 6.54 Å². The van der Waals surface area contributed by atoms with Crippen LogP contribution in [-0.4, -0.2) is 34.4 Å². The number of carboxylic acids is 1.